The van der Waals surface area contributed by atoms with Crippen molar-refractivity contribution < 1.29 is 9.47 Å². The van der Waals surface area contributed by atoms with Gasteiger partial charge in [0.2, 0.25) is 0 Å². The van der Waals surface area contributed by atoms with E-state index in [9.17, 15) is 0 Å². The summed E-state index contributed by atoms with van der Waals surface area (Å²) in [5, 5.41) is 6.59. The van der Waals surface area contributed by atoms with Gasteiger partial charge in [-0.15, -0.1) is 11.3 Å². The lowest BCUT2D eigenvalue weighted by Crippen LogP contribution is -2.12. The van der Waals surface area contributed by atoms with Gasteiger partial charge in [-0.1, -0.05) is 51.3 Å². The number of rotatable bonds is 9. The van der Waals surface area contributed by atoms with E-state index in [2.05, 4.69) is 38.8 Å². The van der Waals surface area contributed by atoms with Crippen molar-refractivity contribution in [3.63, 3.8) is 0 Å². The molecule has 0 amide bonds. The summed E-state index contributed by atoms with van der Waals surface area (Å²) in [7, 11) is 0. The predicted octanol–water partition coefficient (Wildman–Crippen LogP) is 7.08. The molecule has 0 saturated carbocycles. The molecule has 148 valence electrons. The molecular formula is C21H20BrCl2NO2S. The van der Waals surface area contributed by atoms with Gasteiger partial charge in [-0.25, -0.2) is 0 Å². The van der Waals surface area contributed by atoms with Gasteiger partial charge >= 0.3 is 0 Å². The van der Waals surface area contributed by atoms with Gasteiger partial charge in [0, 0.05) is 22.4 Å². The van der Waals surface area contributed by atoms with E-state index in [4.69, 9.17) is 32.7 Å². The van der Waals surface area contributed by atoms with Crippen molar-refractivity contribution in [3.8, 4) is 11.5 Å². The van der Waals surface area contributed by atoms with Gasteiger partial charge < -0.3 is 14.8 Å². The third-order valence-corrected chi connectivity index (χ3v) is 6.34. The molecule has 3 aromatic rings. The van der Waals surface area contributed by atoms with E-state index in [1.165, 1.54) is 4.88 Å². The minimum absolute atomic E-state index is 0.374. The van der Waals surface area contributed by atoms with E-state index < -0.39 is 0 Å². The molecule has 0 bridgehead atoms. The number of thiophene rings is 1. The fourth-order valence-corrected chi connectivity index (χ4v) is 4.08. The van der Waals surface area contributed by atoms with Gasteiger partial charge in [0.05, 0.1) is 16.7 Å². The van der Waals surface area contributed by atoms with Crippen LogP contribution >= 0.6 is 50.5 Å². The van der Waals surface area contributed by atoms with Crippen LogP contribution in [0.1, 0.15) is 22.9 Å². The van der Waals surface area contributed by atoms with Crippen LogP contribution in [0.3, 0.4) is 0 Å². The Labute approximate surface area is 187 Å². The van der Waals surface area contributed by atoms with Crippen molar-refractivity contribution in [3.05, 3.63) is 78.4 Å². The first-order valence-electron chi connectivity index (χ1n) is 8.82. The lowest BCUT2D eigenvalue weighted by atomic mass is 10.2. The summed E-state index contributed by atoms with van der Waals surface area (Å²) >= 11 is 17.4. The van der Waals surface area contributed by atoms with Crippen LogP contribution in [0.15, 0.2) is 52.3 Å². The van der Waals surface area contributed by atoms with E-state index in [0.717, 1.165) is 34.4 Å². The van der Waals surface area contributed by atoms with Gasteiger partial charge in [-0.3, -0.25) is 0 Å². The molecule has 0 atom stereocenters. The fourth-order valence-electron chi connectivity index (χ4n) is 2.62. The molecule has 1 N–H and O–H groups in total. The van der Waals surface area contributed by atoms with Crippen LogP contribution in [0.4, 0.5) is 0 Å². The van der Waals surface area contributed by atoms with Crippen molar-refractivity contribution in [1.82, 2.24) is 5.32 Å². The van der Waals surface area contributed by atoms with Crippen LogP contribution in [-0.4, -0.2) is 6.61 Å². The maximum absolute atomic E-state index is 6.08. The van der Waals surface area contributed by atoms with Crippen molar-refractivity contribution >= 4 is 50.5 Å². The van der Waals surface area contributed by atoms with Crippen LogP contribution in [0.25, 0.3) is 0 Å². The Morgan fingerprint density at radius 3 is 2.54 bits per heavy atom. The molecule has 7 heteroatoms. The molecular weight excluding hydrogens is 481 g/mol. The SMILES string of the molecule is CCOc1cc(CNCc2cccs2)c(Br)cc1OCc1ccc(Cl)c(Cl)c1. The van der Waals surface area contributed by atoms with E-state index in [1.807, 2.05) is 31.2 Å². The lowest BCUT2D eigenvalue weighted by molar-refractivity contribution is 0.269. The number of benzene rings is 2. The van der Waals surface area contributed by atoms with Crippen molar-refractivity contribution in [2.24, 2.45) is 0 Å². The first kappa shape index (κ1) is 21.5. The molecule has 0 aliphatic heterocycles. The summed E-state index contributed by atoms with van der Waals surface area (Å²) in [6.45, 7) is 4.46. The third kappa shape index (κ3) is 5.88. The Kier molecular flexibility index (Phi) is 8.06. The van der Waals surface area contributed by atoms with Crippen molar-refractivity contribution in [2.75, 3.05) is 6.61 Å². The second-order valence-corrected chi connectivity index (χ2v) is 8.74. The molecule has 2 aromatic carbocycles. The zero-order valence-corrected chi connectivity index (χ0v) is 19.2. The van der Waals surface area contributed by atoms with Gasteiger partial charge in [0.1, 0.15) is 6.61 Å². The van der Waals surface area contributed by atoms with Gasteiger partial charge in [-0.2, -0.15) is 0 Å². The second kappa shape index (κ2) is 10.5. The average Bonchev–Trinajstić information content (AvgIpc) is 3.19. The number of hydrogen-bond acceptors (Lipinski definition) is 4. The highest BCUT2D eigenvalue weighted by atomic mass is 79.9. The first-order chi connectivity index (χ1) is 13.6. The van der Waals surface area contributed by atoms with Crippen LogP contribution < -0.4 is 14.8 Å². The quantitative estimate of drug-likeness (QED) is 0.340. The van der Waals surface area contributed by atoms with E-state index >= 15 is 0 Å². The summed E-state index contributed by atoms with van der Waals surface area (Å²) in [4.78, 5) is 1.31. The maximum Gasteiger partial charge on any atom is 0.162 e. The minimum atomic E-state index is 0.374. The lowest BCUT2D eigenvalue weighted by Gasteiger charge is -2.15. The van der Waals surface area contributed by atoms with Crippen LogP contribution in [0.5, 0.6) is 11.5 Å². The smallest absolute Gasteiger partial charge is 0.162 e. The highest BCUT2D eigenvalue weighted by Crippen LogP contribution is 2.35. The molecule has 0 fully saturated rings. The molecule has 0 aliphatic carbocycles. The number of nitrogens with one attached hydrogen (secondary N) is 1. The Morgan fingerprint density at radius 1 is 1.00 bits per heavy atom. The van der Waals surface area contributed by atoms with Crippen LogP contribution in [0.2, 0.25) is 10.0 Å². The minimum Gasteiger partial charge on any atom is -0.490 e. The van der Waals surface area contributed by atoms with Gasteiger partial charge in [-0.05, 0) is 53.8 Å². The first-order valence-corrected chi connectivity index (χ1v) is 11.2. The highest BCUT2D eigenvalue weighted by molar-refractivity contribution is 9.10. The summed E-state index contributed by atoms with van der Waals surface area (Å²) in [6.07, 6.45) is 0. The molecule has 0 aliphatic rings. The summed E-state index contributed by atoms with van der Waals surface area (Å²) < 4.78 is 12.8. The molecule has 1 aromatic heterocycles. The molecule has 0 radical (unpaired) electrons. The zero-order chi connectivity index (χ0) is 19.9. The maximum atomic E-state index is 6.08. The Bertz CT molecular complexity index is 919. The van der Waals surface area contributed by atoms with E-state index in [-0.39, 0.29) is 0 Å². The topological polar surface area (TPSA) is 30.5 Å². The number of halogens is 3. The number of ether oxygens (including phenoxy) is 2. The normalized spacial score (nSPS) is 10.9. The average molecular weight is 501 g/mol. The highest BCUT2D eigenvalue weighted by Gasteiger charge is 2.12. The molecule has 1 heterocycles. The van der Waals surface area contributed by atoms with Crippen LogP contribution in [0, 0.1) is 0 Å². The summed E-state index contributed by atoms with van der Waals surface area (Å²) in [6, 6.07) is 13.6. The monoisotopic (exact) mass is 499 g/mol. The predicted molar refractivity (Wildman–Crippen MR) is 121 cm³/mol. The van der Waals surface area contributed by atoms with Crippen molar-refractivity contribution in [1.29, 1.82) is 0 Å². The molecule has 0 unspecified atom stereocenters. The standard InChI is InChI=1S/C21H20BrCl2NO2S/c1-2-26-20-9-15(11-25-12-16-4-3-7-28-16)17(22)10-21(20)27-13-14-5-6-18(23)19(24)8-14/h3-10,25H,2,11-13H2,1H3. The summed E-state index contributed by atoms with van der Waals surface area (Å²) in [5.41, 5.74) is 2.05. The second-order valence-electron chi connectivity index (χ2n) is 6.04. The number of hydrogen-bond donors (Lipinski definition) is 1. The Morgan fingerprint density at radius 2 is 1.82 bits per heavy atom. The summed E-state index contributed by atoms with van der Waals surface area (Å²) in [5.74, 6) is 1.40. The van der Waals surface area contributed by atoms with Gasteiger partial charge in [0.15, 0.2) is 11.5 Å². The van der Waals surface area contributed by atoms with Crippen molar-refractivity contribution in [2.45, 2.75) is 26.6 Å². The van der Waals surface area contributed by atoms with E-state index in [0.29, 0.717) is 29.0 Å². The molecule has 28 heavy (non-hydrogen) atoms. The third-order valence-electron chi connectivity index (χ3n) is 3.99. The molecule has 0 spiro atoms. The Hall–Kier alpha value is -1.24. The Balaban J connectivity index is 1.69. The zero-order valence-electron chi connectivity index (χ0n) is 15.3. The van der Waals surface area contributed by atoms with Crippen LogP contribution in [-0.2, 0) is 19.7 Å². The molecule has 3 rings (SSSR count). The molecule has 3 nitrogen and oxygen atoms in total. The van der Waals surface area contributed by atoms with E-state index in [1.54, 1.807) is 17.4 Å². The van der Waals surface area contributed by atoms with Gasteiger partial charge in [0.25, 0.3) is 0 Å². The molecule has 0 saturated heterocycles. The largest absolute Gasteiger partial charge is 0.490 e. The fraction of sp³-hybridized carbons (Fsp3) is 0.238.